The second-order valence-corrected chi connectivity index (χ2v) is 6.21. The molecule has 1 unspecified atom stereocenters. The van der Waals surface area contributed by atoms with Crippen LogP contribution in [0.3, 0.4) is 0 Å². The van der Waals surface area contributed by atoms with Gasteiger partial charge in [-0.25, -0.2) is 0 Å². The van der Waals surface area contributed by atoms with E-state index in [1.165, 1.54) is 64.2 Å². The summed E-state index contributed by atoms with van der Waals surface area (Å²) in [5, 5.41) is 0. The van der Waals surface area contributed by atoms with Crippen LogP contribution in [0.15, 0.2) is 0 Å². The number of hydrogen-bond acceptors (Lipinski definition) is 1. The van der Waals surface area contributed by atoms with Crippen molar-refractivity contribution in [2.75, 3.05) is 7.05 Å². The lowest BCUT2D eigenvalue weighted by molar-refractivity contribution is 0.0733. The van der Waals surface area contributed by atoms with E-state index < -0.39 is 0 Å². The van der Waals surface area contributed by atoms with E-state index in [1.54, 1.807) is 0 Å². The molecule has 102 valence electrons. The van der Waals surface area contributed by atoms with Crippen LogP contribution >= 0.6 is 0 Å². The van der Waals surface area contributed by atoms with Crippen molar-refractivity contribution in [1.82, 2.24) is 4.90 Å². The van der Waals surface area contributed by atoms with Crippen molar-refractivity contribution in [3.8, 4) is 0 Å². The number of hydrogen-bond donors (Lipinski definition) is 0. The Morgan fingerprint density at radius 3 is 2.24 bits per heavy atom. The third-order valence-electron chi connectivity index (χ3n) is 5.05. The standard InChI is InChI=1S/C16H33N/c1-5-7-8-11-14-16(3,6-2)17(4)15-12-9-10-13-15/h15H,5-14H2,1-4H3. The summed E-state index contributed by atoms with van der Waals surface area (Å²) in [6.07, 6.45) is 14.0. The SMILES string of the molecule is CCCCCCC(C)(CC)N(C)C1CCCC1. The van der Waals surface area contributed by atoms with E-state index >= 15 is 0 Å². The number of rotatable bonds is 8. The molecule has 1 nitrogen and oxygen atoms in total. The average molecular weight is 239 g/mol. The molecule has 0 saturated heterocycles. The first-order valence-electron chi connectivity index (χ1n) is 7.87. The van der Waals surface area contributed by atoms with Gasteiger partial charge in [-0.05, 0) is 39.7 Å². The van der Waals surface area contributed by atoms with E-state index in [0.29, 0.717) is 5.54 Å². The highest BCUT2D eigenvalue weighted by Gasteiger charge is 2.32. The topological polar surface area (TPSA) is 3.24 Å². The zero-order chi connectivity index (χ0) is 12.7. The van der Waals surface area contributed by atoms with Crippen LogP contribution < -0.4 is 0 Å². The molecule has 1 fully saturated rings. The Bertz CT molecular complexity index is 196. The van der Waals surface area contributed by atoms with Crippen molar-refractivity contribution in [3.05, 3.63) is 0 Å². The lowest BCUT2D eigenvalue weighted by Crippen LogP contribution is -2.48. The molecule has 0 bridgehead atoms. The molecule has 1 saturated carbocycles. The van der Waals surface area contributed by atoms with Gasteiger partial charge in [-0.1, -0.05) is 52.4 Å². The molecular formula is C16H33N. The number of unbranched alkanes of at least 4 members (excludes halogenated alkanes) is 3. The largest absolute Gasteiger partial charge is 0.298 e. The van der Waals surface area contributed by atoms with E-state index in [9.17, 15) is 0 Å². The van der Waals surface area contributed by atoms with Gasteiger partial charge in [-0.15, -0.1) is 0 Å². The number of nitrogens with zero attached hydrogens (tertiary/aromatic N) is 1. The molecule has 1 heteroatoms. The lowest BCUT2D eigenvalue weighted by Gasteiger charge is -2.42. The van der Waals surface area contributed by atoms with Crippen LogP contribution in [0.2, 0.25) is 0 Å². The Morgan fingerprint density at radius 2 is 1.71 bits per heavy atom. The summed E-state index contributed by atoms with van der Waals surface area (Å²) in [6, 6.07) is 0.867. The molecule has 0 amide bonds. The minimum Gasteiger partial charge on any atom is -0.298 e. The van der Waals surface area contributed by atoms with Gasteiger partial charge < -0.3 is 0 Å². The van der Waals surface area contributed by atoms with Crippen molar-refractivity contribution < 1.29 is 0 Å². The first kappa shape index (κ1) is 15.0. The molecule has 0 aromatic rings. The van der Waals surface area contributed by atoms with Gasteiger partial charge in [0.1, 0.15) is 0 Å². The van der Waals surface area contributed by atoms with Crippen LogP contribution in [0.5, 0.6) is 0 Å². The maximum atomic E-state index is 2.71. The monoisotopic (exact) mass is 239 g/mol. The van der Waals surface area contributed by atoms with E-state index in [-0.39, 0.29) is 0 Å². The van der Waals surface area contributed by atoms with Crippen LogP contribution in [0.4, 0.5) is 0 Å². The van der Waals surface area contributed by atoms with Gasteiger partial charge in [-0.2, -0.15) is 0 Å². The van der Waals surface area contributed by atoms with E-state index in [1.807, 2.05) is 0 Å². The van der Waals surface area contributed by atoms with E-state index in [0.717, 1.165) is 6.04 Å². The summed E-state index contributed by atoms with van der Waals surface area (Å²) in [5.74, 6) is 0. The highest BCUT2D eigenvalue weighted by Crippen LogP contribution is 2.32. The molecule has 0 heterocycles. The van der Waals surface area contributed by atoms with Crippen molar-refractivity contribution in [2.24, 2.45) is 0 Å². The van der Waals surface area contributed by atoms with Gasteiger partial charge >= 0.3 is 0 Å². The molecule has 1 rings (SSSR count). The van der Waals surface area contributed by atoms with Crippen LogP contribution in [-0.2, 0) is 0 Å². The normalized spacial score (nSPS) is 21.0. The van der Waals surface area contributed by atoms with Gasteiger partial charge in [0.05, 0.1) is 0 Å². The molecular weight excluding hydrogens is 206 g/mol. The molecule has 0 spiro atoms. The molecule has 1 aliphatic carbocycles. The molecule has 1 atom stereocenters. The quantitative estimate of drug-likeness (QED) is 0.539. The Morgan fingerprint density at radius 1 is 1.06 bits per heavy atom. The Kier molecular flexibility index (Phi) is 6.54. The smallest absolute Gasteiger partial charge is 0.0178 e. The van der Waals surface area contributed by atoms with Gasteiger partial charge in [0.15, 0.2) is 0 Å². The van der Waals surface area contributed by atoms with Gasteiger partial charge in [0, 0.05) is 11.6 Å². The molecule has 0 N–H and O–H groups in total. The molecule has 0 aliphatic heterocycles. The average Bonchev–Trinajstić information content (AvgIpc) is 2.87. The van der Waals surface area contributed by atoms with Crippen molar-refractivity contribution in [2.45, 2.75) is 96.6 Å². The zero-order valence-electron chi connectivity index (χ0n) is 12.6. The fraction of sp³-hybridized carbons (Fsp3) is 1.00. The summed E-state index contributed by atoms with van der Waals surface area (Å²) in [7, 11) is 2.37. The maximum Gasteiger partial charge on any atom is 0.0178 e. The predicted molar refractivity (Wildman–Crippen MR) is 77.5 cm³/mol. The maximum absolute atomic E-state index is 2.71. The van der Waals surface area contributed by atoms with Crippen LogP contribution in [-0.4, -0.2) is 23.5 Å². The molecule has 17 heavy (non-hydrogen) atoms. The highest BCUT2D eigenvalue weighted by atomic mass is 15.2. The molecule has 0 aromatic heterocycles. The first-order chi connectivity index (χ1) is 8.14. The van der Waals surface area contributed by atoms with E-state index in [4.69, 9.17) is 0 Å². The van der Waals surface area contributed by atoms with Gasteiger partial charge in [0.25, 0.3) is 0 Å². The lowest BCUT2D eigenvalue weighted by atomic mass is 9.88. The van der Waals surface area contributed by atoms with Gasteiger partial charge in [0.2, 0.25) is 0 Å². The molecule has 0 aromatic carbocycles. The molecule has 1 aliphatic rings. The second kappa shape index (κ2) is 7.41. The fourth-order valence-corrected chi connectivity index (χ4v) is 3.27. The summed E-state index contributed by atoms with van der Waals surface area (Å²) in [5.41, 5.74) is 0.447. The Labute approximate surface area is 109 Å². The summed E-state index contributed by atoms with van der Waals surface area (Å²) in [4.78, 5) is 2.71. The third-order valence-corrected chi connectivity index (χ3v) is 5.05. The van der Waals surface area contributed by atoms with Crippen molar-refractivity contribution >= 4 is 0 Å². The Balaban J connectivity index is 2.41. The predicted octanol–water partition coefficient (Wildman–Crippen LogP) is 5.00. The zero-order valence-corrected chi connectivity index (χ0v) is 12.6. The van der Waals surface area contributed by atoms with Gasteiger partial charge in [-0.3, -0.25) is 4.90 Å². The summed E-state index contributed by atoms with van der Waals surface area (Å²) < 4.78 is 0. The molecule has 0 radical (unpaired) electrons. The first-order valence-corrected chi connectivity index (χ1v) is 7.87. The summed E-state index contributed by atoms with van der Waals surface area (Å²) >= 11 is 0. The highest BCUT2D eigenvalue weighted by molar-refractivity contribution is 4.89. The second-order valence-electron chi connectivity index (χ2n) is 6.21. The minimum absolute atomic E-state index is 0.447. The Hall–Kier alpha value is -0.0400. The van der Waals surface area contributed by atoms with Crippen LogP contribution in [0.1, 0.15) is 85.0 Å². The third kappa shape index (κ3) is 4.28. The van der Waals surface area contributed by atoms with E-state index in [2.05, 4.69) is 32.7 Å². The fourth-order valence-electron chi connectivity index (χ4n) is 3.27. The van der Waals surface area contributed by atoms with Crippen LogP contribution in [0, 0.1) is 0 Å². The van der Waals surface area contributed by atoms with Crippen LogP contribution in [0.25, 0.3) is 0 Å². The van der Waals surface area contributed by atoms with Crippen molar-refractivity contribution in [1.29, 1.82) is 0 Å². The van der Waals surface area contributed by atoms with Crippen molar-refractivity contribution in [3.63, 3.8) is 0 Å². The summed E-state index contributed by atoms with van der Waals surface area (Å²) in [6.45, 7) is 7.15. The minimum atomic E-state index is 0.447.